The number of methoxy groups -OCH3 is 2. The van der Waals surface area contributed by atoms with Crippen LogP contribution in [0.4, 0.5) is 0 Å². The summed E-state index contributed by atoms with van der Waals surface area (Å²) in [6.45, 7) is 0. The van der Waals surface area contributed by atoms with Gasteiger partial charge in [-0.1, -0.05) is 11.6 Å². The lowest BCUT2D eigenvalue weighted by Crippen LogP contribution is -2.57. The van der Waals surface area contributed by atoms with E-state index in [0.29, 0.717) is 0 Å². The number of ether oxygens (including phenoxy) is 2. The van der Waals surface area contributed by atoms with Gasteiger partial charge < -0.3 is 14.8 Å². The zero-order valence-electron chi connectivity index (χ0n) is 10.4. The zero-order chi connectivity index (χ0) is 14.6. The van der Waals surface area contributed by atoms with Crippen LogP contribution in [0.25, 0.3) is 0 Å². The van der Waals surface area contributed by atoms with Gasteiger partial charge in [-0.3, -0.25) is 14.4 Å². The molecule has 0 aromatic heterocycles. The van der Waals surface area contributed by atoms with Crippen LogP contribution >= 0.6 is 23.2 Å². The van der Waals surface area contributed by atoms with Crippen molar-refractivity contribution in [1.29, 1.82) is 0 Å². The van der Waals surface area contributed by atoms with Crippen molar-refractivity contribution >= 4 is 40.9 Å². The first-order chi connectivity index (χ1) is 8.85. The van der Waals surface area contributed by atoms with Gasteiger partial charge in [0.25, 0.3) is 5.91 Å². The first kappa shape index (κ1) is 15.9. The van der Waals surface area contributed by atoms with E-state index >= 15 is 0 Å². The minimum Gasteiger partial charge on any atom is -0.469 e. The van der Waals surface area contributed by atoms with Gasteiger partial charge in [-0.15, -0.1) is 11.6 Å². The molecule has 0 fully saturated rings. The Morgan fingerprint density at radius 3 is 2.58 bits per heavy atom. The molecule has 1 heterocycles. The minimum atomic E-state index is -1.63. The lowest BCUT2D eigenvalue weighted by Gasteiger charge is -2.34. The van der Waals surface area contributed by atoms with Crippen molar-refractivity contribution in [2.45, 2.75) is 23.9 Å². The Hall–Kier alpha value is -1.11. The minimum absolute atomic E-state index is 0.111. The van der Waals surface area contributed by atoms with Gasteiger partial charge in [-0.05, 0) is 6.08 Å². The molecule has 0 saturated heterocycles. The van der Waals surface area contributed by atoms with Gasteiger partial charge in [-0.2, -0.15) is 0 Å². The molecule has 19 heavy (non-hydrogen) atoms. The molecule has 0 bridgehead atoms. The summed E-state index contributed by atoms with van der Waals surface area (Å²) in [4.78, 5) is 32.8. The molecule has 0 aliphatic carbocycles. The van der Waals surface area contributed by atoms with Crippen LogP contribution in [0.2, 0.25) is 0 Å². The molecule has 1 aliphatic rings. The van der Waals surface area contributed by atoms with E-state index in [1.54, 1.807) is 0 Å². The van der Waals surface area contributed by atoms with Crippen LogP contribution in [0.5, 0.6) is 0 Å². The summed E-state index contributed by atoms with van der Waals surface area (Å²) >= 11 is 11.8. The van der Waals surface area contributed by atoms with Crippen molar-refractivity contribution in [3.8, 4) is 0 Å². The Bertz CT molecular complexity index is 437. The van der Waals surface area contributed by atoms with Crippen molar-refractivity contribution in [2.75, 3.05) is 14.2 Å². The molecule has 0 radical (unpaired) electrons. The molecule has 106 valence electrons. The third-order valence-electron chi connectivity index (χ3n) is 2.64. The average molecular weight is 310 g/mol. The van der Waals surface area contributed by atoms with Gasteiger partial charge in [0.05, 0.1) is 13.5 Å². The number of ketones is 1. The van der Waals surface area contributed by atoms with Crippen LogP contribution in [0.1, 0.15) is 12.8 Å². The summed E-state index contributed by atoms with van der Waals surface area (Å²) in [5.74, 6) is -1.60. The predicted molar refractivity (Wildman–Crippen MR) is 67.7 cm³/mol. The van der Waals surface area contributed by atoms with E-state index in [0.717, 1.165) is 6.08 Å². The molecule has 1 amide bonds. The quantitative estimate of drug-likeness (QED) is 0.597. The molecule has 8 heteroatoms. The smallest absolute Gasteiger partial charge is 0.305 e. The van der Waals surface area contributed by atoms with E-state index in [1.165, 1.54) is 14.2 Å². The summed E-state index contributed by atoms with van der Waals surface area (Å²) in [6, 6.07) is 0. The van der Waals surface area contributed by atoms with Gasteiger partial charge in [-0.25, -0.2) is 0 Å². The fraction of sp³-hybridized carbons (Fsp3) is 0.545. The highest BCUT2D eigenvalue weighted by molar-refractivity contribution is 6.46. The summed E-state index contributed by atoms with van der Waals surface area (Å²) in [7, 11) is 2.52. The van der Waals surface area contributed by atoms with Crippen LogP contribution in [0, 0.1) is 0 Å². The van der Waals surface area contributed by atoms with Crippen LogP contribution in [0.3, 0.4) is 0 Å². The number of alkyl halides is 1. The highest BCUT2D eigenvalue weighted by atomic mass is 35.5. The molecule has 6 nitrogen and oxygen atoms in total. The summed E-state index contributed by atoms with van der Waals surface area (Å²) in [6.07, 6.45) is -0.177. The van der Waals surface area contributed by atoms with Crippen LogP contribution in [-0.4, -0.2) is 43.0 Å². The number of hydrogen-bond donors (Lipinski definition) is 1. The maximum atomic E-state index is 12.1. The maximum absolute atomic E-state index is 12.1. The van der Waals surface area contributed by atoms with E-state index < -0.39 is 28.8 Å². The number of Topliss-reactive ketones (excluding diaryl/α,β-unsaturated/α-hetero) is 1. The number of hydrogen-bond acceptors (Lipinski definition) is 5. The second kappa shape index (κ2) is 6.36. The first-order valence-electron chi connectivity index (χ1n) is 5.36. The van der Waals surface area contributed by atoms with Crippen LogP contribution in [-0.2, 0) is 23.9 Å². The number of amides is 1. The number of halogens is 2. The zero-order valence-corrected chi connectivity index (χ0v) is 11.9. The summed E-state index contributed by atoms with van der Waals surface area (Å²) in [5, 5.41) is 2.16. The van der Waals surface area contributed by atoms with Crippen molar-refractivity contribution in [1.82, 2.24) is 5.32 Å². The topological polar surface area (TPSA) is 81.7 Å². The Labute approximate surface area is 120 Å². The van der Waals surface area contributed by atoms with E-state index in [-0.39, 0.29) is 17.9 Å². The van der Waals surface area contributed by atoms with Gasteiger partial charge in [0.1, 0.15) is 5.03 Å². The molecule has 2 atom stereocenters. The van der Waals surface area contributed by atoms with E-state index in [2.05, 4.69) is 10.1 Å². The van der Waals surface area contributed by atoms with Crippen molar-refractivity contribution in [3.05, 3.63) is 11.1 Å². The molecule has 0 spiro atoms. The predicted octanol–water partition coefficient (Wildman–Crippen LogP) is 0.711. The highest BCUT2D eigenvalue weighted by Gasteiger charge is 2.47. The monoisotopic (exact) mass is 309 g/mol. The van der Waals surface area contributed by atoms with Crippen molar-refractivity contribution in [3.63, 3.8) is 0 Å². The second-order valence-corrected chi connectivity index (χ2v) is 4.88. The SMILES string of the molecule is COC(=O)CCC(=O)C1(Cl)C=C(Cl)C(=O)NC1OC. The Balaban J connectivity index is 2.89. The fourth-order valence-corrected chi connectivity index (χ4v) is 2.21. The second-order valence-electron chi connectivity index (χ2n) is 3.85. The maximum Gasteiger partial charge on any atom is 0.305 e. The Morgan fingerprint density at radius 2 is 2.05 bits per heavy atom. The van der Waals surface area contributed by atoms with Crippen molar-refractivity contribution in [2.24, 2.45) is 0 Å². The van der Waals surface area contributed by atoms with Crippen LogP contribution < -0.4 is 5.32 Å². The molecule has 1 aliphatic heterocycles. The average Bonchev–Trinajstić information content (AvgIpc) is 2.39. The molecular weight excluding hydrogens is 297 g/mol. The number of carbonyl (C=O) groups excluding carboxylic acids is 3. The van der Waals surface area contributed by atoms with Gasteiger partial charge in [0.15, 0.2) is 16.9 Å². The first-order valence-corrected chi connectivity index (χ1v) is 6.11. The molecule has 1 rings (SSSR count). The normalized spacial score (nSPS) is 26.4. The Morgan fingerprint density at radius 1 is 1.42 bits per heavy atom. The number of carbonyl (C=O) groups is 3. The molecule has 0 saturated carbocycles. The standard InChI is InChI=1S/C11H13Cl2NO5/c1-18-8(16)4-3-7(15)11(13)5-6(12)9(17)14-10(11)19-2/h5,10H,3-4H2,1-2H3,(H,14,17). The van der Waals surface area contributed by atoms with Gasteiger partial charge in [0, 0.05) is 13.5 Å². The van der Waals surface area contributed by atoms with E-state index in [4.69, 9.17) is 27.9 Å². The highest BCUT2D eigenvalue weighted by Crippen LogP contribution is 2.31. The lowest BCUT2D eigenvalue weighted by molar-refractivity contribution is -0.142. The lowest BCUT2D eigenvalue weighted by atomic mass is 9.94. The van der Waals surface area contributed by atoms with E-state index in [1.807, 2.05) is 0 Å². The third-order valence-corrected chi connectivity index (χ3v) is 3.44. The molecule has 1 N–H and O–H groups in total. The third kappa shape index (κ3) is 3.46. The summed E-state index contributed by atoms with van der Waals surface area (Å²) < 4.78 is 9.41. The molecule has 2 unspecified atom stereocenters. The van der Waals surface area contributed by atoms with E-state index in [9.17, 15) is 14.4 Å². The van der Waals surface area contributed by atoms with Gasteiger partial charge >= 0.3 is 5.97 Å². The summed E-state index contributed by atoms with van der Waals surface area (Å²) in [5.41, 5.74) is 0. The Kier molecular flexibility index (Phi) is 5.34. The van der Waals surface area contributed by atoms with Gasteiger partial charge in [0.2, 0.25) is 0 Å². The number of nitrogens with one attached hydrogen (secondary N) is 1. The number of esters is 1. The van der Waals surface area contributed by atoms with Crippen molar-refractivity contribution < 1.29 is 23.9 Å². The van der Waals surface area contributed by atoms with Crippen LogP contribution in [0.15, 0.2) is 11.1 Å². The number of rotatable bonds is 5. The molecule has 0 aromatic rings. The molecule has 0 aromatic carbocycles. The fourth-order valence-electron chi connectivity index (χ4n) is 1.59. The molecular formula is C11H13Cl2NO5. The largest absolute Gasteiger partial charge is 0.469 e.